The molecular formula is C7H13N3O. The van der Waals surface area contributed by atoms with Crippen LogP contribution in [0.3, 0.4) is 0 Å². The van der Waals surface area contributed by atoms with Gasteiger partial charge in [-0.3, -0.25) is 5.10 Å². The van der Waals surface area contributed by atoms with Crippen molar-refractivity contribution in [2.45, 2.75) is 19.3 Å². The lowest BCUT2D eigenvalue weighted by Gasteiger charge is -2.20. The first-order valence-corrected chi connectivity index (χ1v) is 3.48. The van der Waals surface area contributed by atoms with E-state index < -0.39 is 0 Å². The summed E-state index contributed by atoms with van der Waals surface area (Å²) in [6.07, 6.45) is 3.62. The molecule has 0 aliphatic carbocycles. The molecule has 0 fully saturated rings. The first-order valence-electron chi connectivity index (χ1n) is 3.48. The van der Waals surface area contributed by atoms with Crippen LogP contribution in [0.15, 0.2) is 12.4 Å². The normalized spacial score (nSPS) is 11.9. The highest BCUT2D eigenvalue weighted by Gasteiger charge is 2.21. The summed E-state index contributed by atoms with van der Waals surface area (Å²) in [6.45, 7) is 4.59. The molecule has 1 aromatic rings. The van der Waals surface area contributed by atoms with Gasteiger partial charge in [0.25, 0.3) is 0 Å². The minimum Gasteiger partial charge on any atom is -0.304 e. The van der Waals surface area contributed by atoms with E-state index in [0.29, 0.717) is 6.61 Å². The number of hydrogen-bond donors (Lipinski definition) is 2. The molecule has 1 heterocycles. The number of rotatable bonds is 3. The Hall–Kier alpha value is -0.870. The second-order valence-corrected chi connectivity index (χ2v) is 3.18. The van der Waals surface area contributed by atoms with E-state index in [1.807, 2.05) is 20.0 Å². The van der Waals surface area contributed by atoms with E-state index in [-0.39, 0.29) is 5.41 Å². The summed E-state index contributed by atoms with van der Waals surface area (Å²) in [4.78, 5) is 4.59. The van der Waals surface area contributed by atoms with Crippen LogP contribution < -0.4 is 5.90 Å². The van der Waals surface area contributed by atoms with Crippen molar-refractivity contribution in [2.75, 3.05) is 6.61 Å². The highest BCUT2D eigenvalue weighted by molar-refractivity contribution is 5.15. The maximum absolute atomic E-state index is 4.99. The Kier molecular flexibility index (Phi) is 2.26. The third kappa shape index (κ3) is 1.78. The minimum atomic E-state index is -0.0677. The van der Waals surface area contributed by atoms with Crippen molar-refractivity contribution in [1.29, 1.82) is 0 Å². The van der Waals surface area contributed by atoms with Crippen molar-refractivity contribution in [1.82, 2.24) is 10.2 Å². The zero-order valence-electron chi connectivity index (χ0n) is 6.79. The summed E-state index contributed by atoms with van der Waals surface area (Å²) in [5.41, 5.74) is 1.03. The van der Waals surface area contributed by atoms with Gasteiger partial charge in [-0.05, 0) is 5.56 Å². The molecule has 0 aromatic carbocycles. The number of nitrogens with two attached hydrogens (primary N) is 1. The third-order valence-corrected chi connectivity index (χ3v) is 1.72. The monoisotopic (exact) mass is 155 g/mol. The Bertz CT molecular complexity index is 205. The average Bonchev–Trinajstić information content (AvgIpc) is 2.37. The quantitative estimate of drug-likeness (QED) is 0.627. The first kappa shape index (κ1) is 8.23. The molecule has 0 unspecified atom stereocenters. The molecule has 0 aliphatic rings. The SMILES string of the molecule is CC(C)(CON)c1cn[nH]c1. The molecule has 11 heavy (non-hydrogen) atoms. The number of aromatic nitrogens is 2. The molecule has 0 atom stereocenters. The summed E-state index contributed by atoms with van der Waals surface area (Å²) in [5, 5.41) is 6.60. The fourth-order valence-corrected chi connectivity index (χ4v) is 0.913. The Morgan fingerprint density at radius 2 is 2.45 bits per heavy atom. The lowest BCUT2D eigenvalue weighted by Crippen LogP contribution is -2.25. The molecule has 0 amide bonds. The second kappa shape index (κ2) is 3.02. The van der Waals surface area contributed by atoms with Gasteiger partial charge in [0.15, 0.2) is 0 Å². The standard InChI is InChI=1S/C7H13N3O/c1-7(2,5-11-8)6-3-9-10-4-6/h3-4H,5,8H2,1-2H3,(H,9,10). The van der Waals surface area contributed by atoms with Crippen molar-refractivity contribution in [3.63, 3.8) is 0 Å². The van der Waals surface area contributed by atoms with Crippen LogP contribution in [0.5, 0.6) is 0 Å². The fraction of sp³-hybridized carbons (Fsp3) is 0.571. The Morgan fingerprint density at radius 1 is 1.73 bits per heavy atom. The lowest BCUT2D eigenvalue weighted by atomic mass is 9.88. The largest absolute Gasteiger partial charge is 0.304 e. The fourth-order valence-electron chi connectivity index (χ4n) is 0.913. The molecule has 4 nitrogen and oxygen atoms in total. The van der Waals surface area contributed by atoms with Gasteiger partial charge < -0.3 is 4.84 Å². The molecule has 0 saturated carbocycles. The smallest absolute Gasteiger partial charge is 0.0771 e. The maximum atomic E-state index is 4.99. The van der Waals surface area contributed by atoms with Crippen LogP contribution in [-0.2, 0) is 10.3 Å². The summed E-state index contributed by atoms with van der Waals surface area (Å²) >= 11 is 0. The van der Waals surface area contributed by atoms with Gasteiger partial charge in [0.1, 0.15) is 0 Å². The molecule has 0 spiro atoms. The topological polar surface area (TPSA) is 63.9 Å². The van der Waals surface area contributed by atoms with E-state index in [4.69, 9.17) is 5.90 Å². The highest BCUT2D eigenvalue weighted by atomic mass is 16.6. The van der Waals surface area contributed by atoms with Gasteiger partial charge in [-0.15, -0.1) is 0 Å². The number of H-pyrrole nitrogens is 1. The molecule has 0 aliphatic heterocycles. The first-order chi connectivity index (χ1) is 5.17. The van der Waals surface area contributed by atoms with Gasteiger partial charge in [-0.25, -0.2) is 5.90 Å². The lowest BCUT2D eigenvalue weighted by molar-refractivity contribution is 0.0964. The predicted octanol–water partition coefficient (Wildman–Crippen LogP) is 0.578. The van der Waals surface area contributed by atoms with E-state index in [0.717, 1.165) is 5.56 Å². The van der Waals surface area contributed by atoms with Gasteiger partial charge in [0.2, 0.25) is 0 Å². The number of hydrogen-bond acceptors (Lipinski definition) is 3. The van der Waals surface area contributed by atoms with Crippen molar-refractivity contribution < 1.29 is 4.84 Å². The molecule has 0 bridgehead atoms. The van der Waals surface area contributed by atoms with Crippen molar-refractivity contribution in [3.05, 3.63) is 18.0 Å². The van der Waals surface area contributed by atoms with E-state index in [2.05, 4.69) is 15.0 Å². The molecule has 62 valence electrons. The third-order valence-electron chi connectivity index (χ3n) is 1.72. The Morgan fingerprint density at radius 3 is 2.91 bits per heavy atom. The van der Waals surface area contributed by atoms with Crippen molar-refractivity contribution in [2.24, 2.45) is 5.90 Å². The van der Waals surface area contributed by atoms with E-state index in [1.54, 1.807) is 6.20 Å². The Labute approximate surface area is 65.7 Å². The molecule has 1 aromatic heterocycles. The molecule has 4 heteroatoms. The zero-order chi connectivity index (χ0) is 8.32. The van der Waals surface area contributed by atoms with Gasteiger partial charge in [0, 0.05) is 11.6 Å². The van der Waals surface area contributed by atoms with Crippen LogP contribution in [0.25, 0.3) is 0 Å². The summed E-state index contributed by atoms with van der Waals surface area (Å²) in [7, 11) is 0. The number of nitrogens with zero attached hydrogens (tertiary/aromatic N) is 1. The van der Waals surface area contributed by atoms with E-state index >= 15 is 0 Å². The van der Waals surface area contributed by atoms with Gasteiger partial charge in [-0.1, -0.05) is 13.8 Å². The molecule has 3 N–H and O–H groups in total. The van der Waals surface area contributed by atoms with E-state index in [9.17, 15) is 0 Å². The van der Waals surface area contributed by atoms with Crippen molar-refractivity contribution in [3.8, 4) is 0 Å². The average molecular weight is 155 g/mol. The second-order valence-electron chi connectivity index (χ2n) is 3.18. The maximum Gasteiger partial charge on any atom is 0.0771 e. The van der Waals surface area contributed by atoms with Crippen LogP contribution >= 0.6 is 0 Å². The van der Waals surface area contributed by atoms with Gasteiger partial charge in [-0.2, -0.15) is 5.10 Å². The van der Waals surface area contributed by atoms with Crippen LogP contribution in [0, 0.1) is 0 Å². The van der Waals surface area contributed by atoms with Gasteiger partial charge in [0.05, 0.1) is 12.8 Å². The zero-order valence-corrected chi connectivity index (χ0v) is 6.79. The van der Waals surface area contributed by atoms with Crippen LogP contribution in [0.2, 0.25) is 0 Å². The highest BCUT2D eigenvalue weighted by Crippen LogP contribution is 2.20. The Balaban J connectivity index is 2.73. The van der Waals surface area contributed by atoms with Crippen molar-refractivity contribution >= 4 is 0 Å². The number of nitrogens with one attached hydrogen (secondary N) is 1. The van der Waals surface area contributed by atoms with Crippen LogP contribution in [0.4, 0.5) is 0 Å². The summed E-state index contributed by atoms with van der Waals surface area (Å²) in [5.74, 6) is 4.99. The molecule has 0 radical (unpaired) electrons. The van der Waals surface area contributed by atoms with Crippen LogP contribution in [0.1, 0.15) is 19.4 Å². The summed E-state index contributed by atoms with van der Waals surface area (Å²) in [6, 6.07) is 0. The minimum absolute atomic E-state index is 0.0677. The predicted molar refractivity (Wildman–Crippen MR) is 41.8 cm³/mol. The molecular weight excluding hydrogens is 142 g/mol. The number of aromatic amines is 1. The summed E-state index contributed by atoms with van der Waals surface area (Å²) < 4.78 is 0. The van der Waals surface area contributed by atoms with Crippen LogP contribution in [-0.4, -0.2) is 16.8 Å². The molecule has 0 saturated heterocycles. The van der Waals surface area contributed by atoms with E-state index in [1.165, 1.54) is 0 Å². The van der Waals surface area contributed by atoms with Gasteiger partial charge >= 0.3 is 0 Å². The molecule has 1 rings (SSSR count).